The molecule has 1 amide bonds. The number of fused-ring (bicyclic) bond motifs is 1. The number of rotatable bonds is 3. The molecule has 0 atom stereocenters. The van der Waals surface area contributed by atoms with Crippen molar-refractivity contribution in [3.63, 3.8) is 0 Å². The van der Waals surface area contributed by atoms with Crippen LogP contribution in [0.5, 0.6) is 0 Å². The second-order valence-corrected chi connectivity index (χ2v) is 7.05. The minimum absolute atomic E-state index is 0.259. The third-order valence-electron chi connectivity index (χ3n) is 5.38. The molecule has 148 valence electrons. The lowest BCUT2D eigenvalue weighted by Crippen LogP contribution is -2.49. The number of carbonyl (C=O) groups is 1. The minimum atomic E-state index is -0.259. The molecule has 2 N–H and O–H groups in total. The number of hydrogen-bond acceptors (Lipinski definition) is 7. The Kier molecular flexibility index (Phi) is 5.18. The lowest BCUT2D eigenvalue weighted by atomic mass is 10.00. The second-order valence-electron chi connectivity index (χ2n) is 7.05. The number of hydrogen-bond donors (Lipinski definition) is 1. The molecule has 8 heteroatoms. The van der Waals surface area contributed by atoms with Crippen molar-refractivity contribution in [2.75, 3.05) is 54.9 Å². The van der Waals surface area contributed by atoms with E-state index in [0.29, 0.717) is 38.5 Å². The van der Waals surface area contributed by atoms with Gasteiger partial charge in [0.15, 0.2) is 11.6 Å². The summed E-state index contributed by atoms with van der Waals surface area (Å²) in [4.78, 5) is 26.9. The number of aromatic nitrogens is 2. The normalized spacial score (nSPS) is 16.7. The van der Waals surface area contributed by atoms with Gasteiger partial charge in [0, 0.05) is 39.3 Å². The number of benzene rings is 1. The number of anilines is 3. The fourth-order valence-electron chi connectivity index (χ4n) is 3.87. The number of nitrogens with zero attached hydrogens (tertiary/aromatic N) is 5. The first kappa shape index (κ1) is 18.3. The van der Waals surface area contributed by atoms with Crippen molar-refractivity contribution in [1.29, 1.82) is 0 Å². The smallest absolute Gasteiger partial charge is 0.409 e. The summed E-state index contributed by atoms with van der Waals surface area (Å²) in [6, 6.07) is 8.50. The molecule has 0 bridgehead atoms. The molecule has 1 aromatic heterocycles. The number of amides is 1. The highest BCUT2D eigenvalue weighted by Crippen LogP contribution is 2.32. The monoisotopic (exact) mass is 382 g/mol. The molecule has 0 radical (unpaired) electrons. The van der Waals surface area contributed by atoms with E-state index in [2.05, 4.69) is 44.0 Å². The minimum Gasteiger partial charge on any atom is -0.450 e. The molecular weight excluding hydrogens is 356 g/mol. The first-order chi connectivity index (χ1) is 13.7. The summed E-state index contributed by atoms with van der Waals surface area (Å²) >= 11 is 0. The zero-order chi connectivity index (χ0) is 19.5. The Morgan fingerprint density at radius 1 is 1.04 bits per heavy atom. The number of nitrogens with two attached hydrogens (primary N) is 1. The first-order valence-corrected chi connectivity index (χ1v) is 9.76. The van der Waals surface area contributed by atoms with Crippen molar-refractivity contribution in [3.05, 3.63) is 41.7 Å². The van der Waals surface area contributed by atoms with E-state index in [1.54, 1.807) is 11.2 Å². The average Bonchev–Trinajstić information content (AvgIpc) is 2.74. The summed E-state index contributed by atoms with van der Waals surface area (Å²) < 4.78 is 5.08. The van der Waals surface area contributed by atoms with Gasteiger partial charge in [-0.2, -0.15) is 0 Å². The van der Waals surface area contributed by atoms with Gasteiger partial charge in [-0.25, -0.2) is 14.8 Å². The number of carbonyl (C=O) groups excluding carboxylic acids is 1. The van der Waals surface area contributed by atoms with Crippen LogP contribution in [0.4, 0.5) is 22.1 Å². The van der Waals surface area contributed by atoms with Gasteiger partial charge in [0.05, 0.1) is 6.61 Å². The predicted octanol–water partition coefficient (Wildman–Crippen LogP) is 1.90. The van der Waals surface area contributed by atoms with Crippen LogP contribution in [0.15, 0.2) is 30.6 Å². The zero-order valence-corrected chi connectivity index (χ0v) is 16.2. The fourth-order valence-corrected chi connectivity index (χ4v) is 3.87. The maximum atomic E-state index is 11.9. The quantitative estimate of drug-likeness (QED) is 0.867. The van der Waals surface area contributed by atoms with Gasteiger partial charge in [-0.05, 0) is 24.5 Å². The molecule has 0 aliphatic carbocycles. The molecule has 2 aliphatic heterocycles. The van der Waals surface area contributed by atoms with E-state index in [0.717, 1.165) is 31.1 Å². The van der Waals surface area contributed by atoms with Gasteiger partial charge in [-0.15, -0.1) is 0 Å². The maximum Gasteiger partial charge on any atom is 0.409 e. The van der Waals surface area contributed by atoms with Crippen LogP contribution in [0, 0.1) is 0 Å². The van der Waals surface area contributed by atoms with Crippen molar-refractivity contribution in [1.82, 2.24) is 14.9 Å². The summed E-state index contributed by atoms with van der Waals surface area (Å²) in [6.45, 7) is 6.41. The van der Waals surface area contributed by atoms with Gasteiger partial charge in [-0.3, -0.25) is 0 Å². The van der Waals surface area contributed by atoms with Crippen LogP contribution in [-0.2, 0) is 17.7 Å². The van der Waals surface area contributed by atoms with Crippen LogP contribution >= 0.6 is 0 Å². The number of piperazine rings is 1. The summed E-state index contributed by atoms with van der Waals surface area (Å²) in [7, 11) is 0. The van der Waals surface area contributed by atoms with Crippen LogP contribution in [0.1, 0.15) is 18.1 Å². The Balaban J connectivity index is 1.48. The molecular formula is C20H26N6O2. The van der Waals surface area contributed by atoms with Gasteiger partial charge < -0.3 is 25.2 Å². The lowest BCUT2D eigenvalue weighted by Gasteiger charge is -2.36. The Morgan fingerprint density at radius 2 is 1.71 bits per heavy atom. The molecule has 8 nitrogen and oxygen atoms in total. The molecule has 2 aromatic rings. The molecule has 28 heavy (non-hydrogen) atoms. The van der Waals surface area contributed by atoms with Crippen LogP contribution in [-0.4, -0.2) is 60.3 Å². The van der Waals surface area contributed by atoms with Crippen molar-refractivity contribution in [3.8, 4) is 0 Å². The topological polar surface area (TPSA) is 87.8 Å². The summed E-state index contributed by atoms with van der Waals surface area (Å²) in [6.07, 6.45) is 2.30. The summed E-state index contributed by atoms with van der Waals surface area (Å²) in [5.74, 6) is 1.53. The SMILES string of the molecule is CCOC(=O)N1CCN(c2ncnc(N3CCc4ccccc4C3)c2N)CC1. The average molecular weight is 382 g/mol. The Hall–Kier alpha value is -3.03. The third-order valence-corrected chi connectivity index (χ3v) is 5.38. The lowest BCUT2D eigenvalue weighted by molar-refractivity contribution is 0.105. The van der Waals surface area contributed by atoms with E-state index in [1.165, 1.54) is 11.1 Å². The first-order valence-electron chi connectivity index (χ1n) is 9.76. The second kappa shape index (κ2) is 7.92. The van der Waals surface area contributed by atoms with Gasteiger partial charge in [0.2, 0.25) is 0 Å². The van der Waals surface area contributed by atoms with Crippen LogP contribution < -0.4 is 15.5 Å². The van der Waals surface area contributed by atoms with E-state index < -0.39 is 0 Å². The highest BCUT2D eigenvalue weighted by molar-refractivity contribution is 5.76. The summed E-state index contributed by atoms with van der Waals surface area (Å²) in [5, 5.41) is 0. The Bertz CT molecular complexity index is 850. The van der Waals surface area contributed by atoms with Gasteiger partial charge in [0.25, 0.3) is 0 Å². The van der Waals surface area contributed by atoms with Crippen molar-refractivity contribution in [2.24, 2.45) is 0 Å². The maximum absolute atomic E-state index is 11.9. The Labute approximate surface area is 164 Å². The molecule has 0 saturated carbocycles. The van der Waals surface area contributed by atoms with Crippen LogP contribution in [0.25, 0.3) is 0 Å². The molecule has 4 rings (SSSR count). The predicted molar refractivity (Wildman–Crippen MR) is 108 cm³/mol. The van der Waals surface area contributed by atoms with Crippen molar-refractivity contribution >= 4 is 23.4 Å². The van der Waals surface area contributed by atoms with Gasteiger partial charge in [0.1, 0.15) is 12.0 Å². The van der Waals surface area contributed by atoms with Gasteiger partial charge >= 0.3 is 6.09 Å². The largest absolute Gasteiger partial charge is 0.450 e. The molecule has 3 heterocycles. The molecule has 1 aromatic carbocycles. The van der Waals surface area contributed by atoms with E-state index in [-0.39, 0.29) is 6.09 Å². The van der Waals surface area contributed by atoms with E-state index in [9.17, 15) is 4.79 Å². The third kappa shape index (κ3) is 3.54. The van der Waals surface area contributed by atoms with E-state index in [1.807, 2.05) is 6.92 Å². The van der Waals surface area contributed by atoms with E-state index >= 15 is 0 Å². The zero-order valence-electron chi connectivity index (χ0n) is 16.2. The highest BCUT2D eigenvalue weighted by atomic mass is 16.6. The molecule has 1 saturated heterocycles. The Morgan fingerprint density at radius 3 is 2.43 bits per heavy atom. The number of nitrogen functional groups attached to an aromatic ring is 1. The van der Waals surface area contributed by atoms with E-state index in [4.69, 9.17) is 10.5 Å². The van der Waals surface area contributed by atoms with Gasteiger partial charge in [-0.1, -0.05) is 24.3 Å². The molecule has 2 aliphatic rings. The molecule has 0 unspecified atom stereocenters. The molecule has 0 spiro atoms. The molecule has 1 fully saturated rings. The fraction of sp³-hybridized carbons (Fsp3) is 0.450. The van der Waals surface area contributed by atoms with Crippen LogP contribution in [0.2, 0.25) is 0 Å². The number of ether oxygens (including phenoxy) is 1. The highest BCUT2D eigenvalue weighted by Gasteiger charge is 2.26. The van der Waals surface area contributed by atoms with Crippen LogP contribution in [0.3, 0.4) is 0 Å². The standard InChI is InChI=1S/C20H26N6O2/c1-2-28-20(27)25-11-9-24(10-12-25)18-17(21)19(23-14-22-18)26-8-7-15-5-3-4-6-16(15)13-26/h3-6,14H,2,7-13,21H2,1H3. The van der Waals surface area contributed by atoms with Crippen molar-refractivity contribution < 1.29 is 9.53 Å². The summed E-state index contributed by atoms with van der Waals surface area (Å²) in [5.41, 5.74) is 9.80. The van der Waals surface area contributed by atoms with Crippen molar-refractivity contribution in [2.45, 2.75) is 19.9 Å².